The van der Waals surface area contributed by atoms with Crippen LogP contribution in [0.3, 0.4) is 0 Å². The molecule has 0 saturated carbocycles. The van der Waals surface area contributed by atoms with Crippen LogP contribution in [0.4, 0.5) is 5.69 Å². The van der Waals surface area contributed by atoms with E-state index >= 15 is 0 Å². The first-order valence-corrected chi connectivity index (χ1v) is 4.09. The number of nitro groups is 1. The Morgan fingerprint density at radius 1 is 1.82 bits per heavy atom. The molecular formula is C5H7N3O2S. The number of aromatic nitrogens is 2. The lowest BCUT2D eigenvalue weighted by Gasteiger charge is -1.85. The lowest BCUT2D eigenvalue weighted by molar-refractivity contribution is -0.387. The van der Waals surface area contributed by atoms with E-state index in [1.54, 1.807) is 13.3 Å². The summed E-state index contributed by atoms with van der Waals surface area (Å²) in [5, 5.41) is 14.7. The highest BCUT2D eigenvalue weighted by atomic mass is 32.2. The van der Waals surface area contributed by atoms with E-state index in [2.05, 4.69) is 5.10 Å². The smallest absolute Gasteiger partial charge is 0.267 e. The fraction of sp³-hybridized carbons (Fsp3) is 0.400. The van der Waals surface area contributed by atoms with Gasteiger partial charge in [0, 0.05) is 7.05 Å². The van der Waals surface area contributed by atoms with Crippen molar-refractivity contribution < 1.29 is 4.92 Å². The first-order valence-electron chi connectivity index (χ1n) is 2.87. The van der Waals surface area contributed by atoms with E-state index in [9.17, 15) is 10.1 Å². The van der Waals surface area contributed by atoms with Gasteiger partial charge in [0.05, 0.1) is 4.92 Å². The van der Waals surface area contributed by atoms with Gasteiger partial charge in [-0.05, 0) is 6.26 Å². The first-order chi connectivity index (χ1) is 5.15. The zero-order valence-corrected chi connectivity index (χ0v) is 6.96. The molecule has 0 atom stereocenters. The van der Waals surface area contributed by atoms with E-state index in [0.717, 1.165) is 0 Å². The Balaban J connectivity index is 3.12. The second-order valence-electron chi connectivity index (χ2n) is 1.95. The number of thioether (sulfide) groups is 1. The van der Waals surface area contributed by atoms with E-state index in [4.69, 9.17) is 0 Å². The molecule has 0 aliphatic heterocycles. The molecule has 0 radical (unpaired) electrons. The van der Waals surface area contributed by atoms with Gasteiger partial charge in [-0.25, -0.2) is 0 Å². The Hall–Kier alpha value is -1.04. The molecule has 0 bridgehead atoms. The van der Waals surface area contributed by atoms with Gasteiger partial charge in [-0.3, -0.25) is 14.8 Å². The molecule has 60 valence electrons. The summed E-state index contributed by atoms with van der Waals surface area (Å²) in [6.07, 6.45) is 3.15. The minimum atomic E-state index is -0.432. The van der Waals surface area contributed by atoms with Crippen molar-refractivity contribution in [3.63, 3.8) is 0 Å². The number of aryl methyl sites for hydroxylation is 1. The minimum Gasteiger partial charge on any atom is -0.267 e. The van der Waals surface area contributed by atoms with Crippen molar-refractivity contribution in [2.24, 2.45) is 7.05 Å². The van der Waals surface area contributed by atoms with Crippen LogP contribution in [0.5, 0.6) is 0 Å². The second kappa shape index (κ2) is 2.91. The van der Waals surface area contributed by atoms with Crippen molar-refractivity contribution in [3.8, 4) is 0 Å². The predicted octanol–water partition coefficient (Wildman–Crippen LogP) is 1.05. The molecule has 1 rings (SSSR count). The molecule has 0 N–H and O–H groups in total. The second-order valence-corrected chi connectivity index (χ2v) is 2.75. The highest BCUT2D eigenvalue weighted by Gasteiger charge is 2.16. The third-order valence-electron chi connectivity index (χ3n) is 1.17. The van der Waals surface area contributed by atoms with E-state index in [1.165, 1.54) is 22.6 Å². The highest BCUT2D eigenvalue weighted by Crippen LogP contribution is 2.24. The summed E-state index contributed by atoms with van der Waals surface area (Å²) in [5.74, 6) is 0. The monoisotopic (exact) mass is 173 g/mol. The molecule has 0 saturated heterocycles. The van der Waals surface area contributed by atoms with E-state index in [0.29, 0.717) is 5.03 Å². The minimum absolute atomic E-state index is 0.0694. The number of hydrogen-bond acceptors (Lipinski definition) is 4. The molecule has 0 amide bonds. The molecule has 0 aliphatic rings. The first kappa shape index (κ1) is 8.06. The Labute approximate surface area is 67.5 Å². The SMILES string of the molecule is CSc1nn(C)cc1[N+](=O)[O-]. The van der Waals surface area contributed by atoms with Crippen LogP contribution in [0.15, 0.2) is 11.2 Å². The molecule has 0 aliphatic carbocycles. The molecule has 6 heteroatoms. The van der Waals surface area contributed by atoms with E-state index < -0.39 is 4.92 Å². The van der Waals surface area contributed by atoms with Crippen LogP contribution >= 0.6 is 11.8 Å². The summed E-state index contributed by atoms with van der Waals surface area (Å²) >= 11 is 1.27. The molecule has 1 heterocycles. The lowest BCUT2D eigenvalue weighted by atomic mass is 10.6. The third-order valence-corrected chi connectivity index (χ3v) is 1.84. The summed E-state index contributed by atoms with van der Waals surface area (Å²) in [6.45, 7) is 0. The van der Waals surface area contributed by atoms with Crippen molar-refractivity contribution in [3.05, 3.63) is 16.3 Å². The highest BCUT2D eigenvalue weighted by molar-refractivity contribution is 7.98. The van der Waals surface area contributed by atoms with Crippen LogP contribution in [0.2, 0.25) is 0 Å². The summed E-state index contributed by atoms with van der Waals surface area (Å²) in [6, 6.07) is 0. The fourth-order valence-electron chi connectivity index (χ4n) is 0.726. The largest absolute Gasteiger partial charge is 0.320 e. The standard InChI is InChI=1S/C5H7N3O2S/c1-7-3-4(8(9)10)5(6-7)11-2/h3H,1-2H3. The Bertz CT molecular complexity index is 283. The van der Waals surface area contributed by atoms with Crippen LogP contribution in [0, 0.1) is 10.1 Å². The van der Waals surface area contributed by atoms with E-state index in [-0.39, 0.29) is 5.69 Å². The van der Waals surface area contributed by atoms with Crippen molar-refractivity contribution >= 4 is 17.4 Å². The molecule has 0 unspecified atom stereocenters. The molecule has 1 aromatic heterocycles. The lowest BCUT2D eigenvalue weighted by Crippen LogP contribution is -1.86. The van der Waals surface area contributed by atoms with Crippen LogP contribution < -0.4 is 0 Å². The Kier molecular flexibility index (Phi) is 2.13. The van der Waals surface area contributed by atoms with Crippen molar-refractivity contribution in [2.75, 3.05) is 6.26 Å². The van der Waals surface area contributed by atoms with Crippen molar-refractivity contribution in [2.45, 2.75) is 5.03 Å². The zero-order valence-electron chi connectivity index (χ0n) is 6.14. The molecule has 5 nitrogen and oxygen atoms in total. The Morgan fingerprint density at radius 2 is 2.45 bits per heavy atom. The normalized spacial score (nSPS) is 10.0. The molecule has 0 spiro atoms. The van der Waals surface area contributed by atoms with E-state index in [1.807, 2.05) is 0 Å². The van der Waals surface area contributed by atoms with Gasteiger partial charge in [0.25, 0.3) is 0 Å². The quantitative estimate of drug-likeness (QED) is 0.381. The Morgan fingerprint density at radius 3 is 2.82 bits per heavy atom. The van der Waals surface area contributed by atoms with Crippen LogP contribution in [-0.4, -0.2) is 21.0 Å². The van der Waals surface area contributed by atoms with Gasteiger partial charge < -0.3 is 0 Å². The average Bonchev–Trinajstić information content (AvgIpc) is 2.30. The van der Waals surface area contributed by atoms with Gasteiger partial charge in [-0.15, -0.1) is 11.8 Å². The fourth-order valence-corrected chi connectivity index (χ4v) is 1.27. The summed E-state index contributed by atoms with van der Waals surface area (Å²) in [7, 11) is 1.66. The van der Waals surface area contributed by atoms with Crippen LogP contribution in [0.25, 0.3) is 0 Å². The van der Waals surface area contributed by atoms with Crippen molar-refractivity contribution in [1.82, 2.24) is 9.78 Å². The molecule has 0 aromatic carbocycles. The topological polar surface area (TPSA) is 61.0 Å². The summed E-state index contributed by atoms with van der Waals surface area (Å²) in [4.78, 5) is 9.90. The van der Waals surface area contributed by atoms with Crippen LogP contribution in [0.1, 0.15) is 0 Å². The van der Waals surface area contributed by atoms with Gasteiger partial charge in [-0.1, -0.05) is 0 Å². The summed E-state index contributed by atoms with van der Waals surface area (Å²) < 4.78 is 1.43. The predicted molar refractivity (Wildman–Crippen MR) is 41.6 cm³/mol. The van der Waals surface area contributed by atoms with Crippen molar-refractivity contribution in [1.29, 1.82) is 0 Å². The third kappa shape index (κ3) is 1.51. The number of rotatable bonds is 2. The van der Waals surface area contributed by atoms with Gasteiger partial charge in [0.15, 0.2) is 5.03 Å². The average molecular weight is 173 g/mol. The maximum atomic E-state index is 10.3. The maximum absolute atomic E-state index is 10.3. The van der Waals surface area contributed by atoms with Gasteiger partial charge in [0.2, 0.25) is 0 Å². The van der Waals surface area contributed by atoms with Crippen LogP contribution in [-0.2, 0) is 7.05 Å². The molecule has 1 aromatic rings. The van der Waals surface area contributed by atoms with Gasteiger partial charge >= 0.3 is 5.69 Å². The maximum Gasteiger partial charge on any atom is 0.320 e. The van der Waals surface area contributed by atoms with Gasteiger partial charge in [0.1, 0.15) is 6.20 Å². The molecular weight excluding hydrogens is 166 g/mol. The molecule has 0 fully saturated rings. The van der Waals surface area contributed by atoms with Gasteiger partial charge in [-0.2, -0.15) is 5.10 Å². The zero-order chi connectivity index (χ0) is 8.43. The molecule has 11 heavy (non-hydrogen) atoms. The number of hydrogen-bond donors (Lipinski definition) is 0. The summed E-state index contributed by atoms with van der Waals surface area (Å²) in [5.41, 5.74) is 0.0694. The number of nitrogens with zero attached hydrogens (tertiary/aromatic N) is 3.